The number of hydrogen-bond donors (Lipinski definition) is 0. The van der Waals surface area contributed by atoms with E-state index < -0.39 is 0 Å². The first kappa shape index (κ1) is 19.4. The predicted molar refractivity (Wildman–Crippen MR) is 108 cm³/mol. The van der Waals surface area contributed by atoms with Gasteiger partial charge in [0.2, 0.25) is 0 Å². The average Bonchev–Trinajstić information content (AvgIpc) is 3.14. The summed E-state index contributed by atoms with van der Waals surface area (Å²) < 4.78 is 18.7. The number of carbonyl (C=O) groups excluding carboxylic acids is 1. The summed E-state index contributed by atoms with van der Waals surface area (Å²) in [6, 6.07) is 11.3. The third kappa shape index (κ3) is 4.58. The molecule has 0 bridgehead atoms. The van der Waals surface area contributed by atoms with Gasteiger partial charge in [-0.25, -0.2) is 4.98 Å². The van der Waals surface area contributed by atoms with Gasteiger partial charge in [-0.1, -0.05) is 12.1 Å². The molecule has 1 unspecified atom stereocenters. The van der Waals surface area contributed by atoms with Gasteiger partial charge < -0.3 is 23.5 Å². The van der Waals surface area contributed by atoms with Crippen molar-refractivity contribution in [1.29, 1.82) is 0 Å². The first-order valence-corrected chi connectivity index (χ1v) is 9.69. The van der Waals surface area contributed by atoms with Gasteiger partial charge in [-0.2, -0.15) is 0 Å². The Morgan fingerprint density at radius 3 is 3.03 bits per heavy atom. The number of morpholine rings is 1. The number of rotatable bonds is 6. The molecule has 7 nitrogen and oxygen atoms in total. The van der Waals surface area contributed by atoms with Crippen molar-refractivity contribution >= 4 is 11.6 Å². The minimum Gasteiger partial charge on any atom is -0.487 e. The van der Waals surface area contributed by atoms with Crippen molar-refractivity contribution < 1.29 is 19.0 Å². The molecule has 29 heavy (non-hydrogen) atoms. The number of ether oxygens (including phenoxy) is 3. The SMILES string of the molecule is COCC1CN(C(=O)c2cccc(OCc3cn4cc(C)ccc4n3)c2)CCO1. The Balaban J connectivity index is 1.41. The van der Waals surface area contributed by atoms with Crippen molar-refractivity contribution in [2.24, 2.45) is 0 Å². The van der Waals surface area contributed by atoms with E-state index in [0.29, 0.717) is 44.2 Å². The van der Waals surface area contributed by atoms with Crippen LogP contribution in [0.5, 0.6) is 5.75 Å². The zero-order chi connectivity index (χ0) is 20.2. The minimum absolute atomic E-state index is 0.0249. The second-order valence-electron chi connectivity index (χ2n) is 7.22. The largest absolute Gasteiger partial charge is 0.487 e. The van der Waals surface area contributed by atoms with E-state index in [2.05, 4.69) is 4.98 Å². The van der Waals surface area contributed by atoms with E-state index in [4.69, 9.17) is 14.2 Å². The Labute approximate surface area is 169 Å². The summed E-state index contributed by atoms with van der Waals surface area (Å²) in [5.41, 5.74) is 3.50. The number of aryl methyl sites for hydroxylation is 1. The number of pyridine rings is 1. The van der Waals surface area contributed by atoms with Gasteiger partial charge in [-0.05, 0) is 36.8 Å². The summed E-state index contributed by atoms with van der Waals surface area (Å²) >= 11 is 0. The van der Waals surface area contributed by atoms with Crippen molar-refractivity contribution in [2.45, 2.75) is 19.6 Å². The van der Waals surface area contributed by atoms with E-state index in [1.807, 2.05) is 54.0 Å². The molecule has 0 spiro atoms. The quantitative estimate of drug-likeness (QED) is 0.642. The third-order valence-corrected chi connectivity index (χ3v) is 4.90. The first-order chi connectivity index (χ1) is 14.1. The van der Waals surface area contributed by atoms with Crippen LogP contribution in [-0.2, 0) is 16.1 Å². The number of imidazole rings is 1. The molecule has 2 aromatic heterocycles. The molecule has 0 saturated carbocycles. The summed E-state index contributed by atoms with van der Waals surface area (Å²) in [6.45, 7) is 4.48. The molecule has 4 rings (SSSR count). The summed E-state index contributed by atoms with van der Waals surface area (Å²) in [7, 11) is 1.63. The lowest BCUT2D eigenvalue weighted by molar-refractivity contribution is -0.0531. The highest BCUT2D eigenvalue weighted by Crippen LogP contribution is 2.18. The molecule has 1 aromatic carbocycles. The van der Waals surface area contributed by atoms with Gasteiger partial charge in [0.1, 0.15) is 18.0 Å². The van der Waals surface area contributed by atoms with Gasteiger partial charge in [0, 0.05) is 38.2 Å². The van der Waals surface area contributed by atoms with Crippen molar-refractivity contribution in [3.8, 4) is 5.75 Å². The molecule has 0 aliphatic carbocycles. The van der Waals surface area contributed by atoms with Crippen molar-refractivity contribution in [3.63, 3.8) is 0 Å². The molecule has 1 fully saturated rings. The van der Waals surface area contributed by atoms with Crippen LogP contribution in [0.15, 0.2) is 48.8 Å². The molecular formula is C22H25N3O4. The maximum atomic E-state index is 12.9. The van der Waals surface area contributed by atoms with E-state index in [1.54, 1.807) is 18.1 Å². The maximum Gasteiger partial charge on any atom is 0.254 e. The molecule has 1 amide bonds. The zero-order valence-electron chi connectivity index (χ0n) is 16.7. The number of nitrogens with zero attached hydrogens (tertiary/aromatic N) is 3. The summed E-state index contributed by atoms with van der Waals surface area (Å²) in [5.74, 6) is 0.619. The lowest BCUT2D eigenvalue weighted by Gasteiger charge is -2.32. The highest BCUT2D eigenvalue weighted by molar-refractivity contribution is 5.94. The first-order valence-electron chi connectivity index (χ1n) is 9.69. The van der Waals surface area contributed by atoms with Crippen molar-refractivity contribution in [1.82, 2.24) is 14.3 Å². The number of carbonyl (C=O) groups is 1. The van der Waals surface area contributed by atoms with Crippen LogP contribution in [0.1, 0.15) is 21.6 Å². The number of amides is 1. The van der Waals surface area contributed by atoms with E-state index in [-0.39, 0.29) is 12.0 Å². The number of hydrogen-bond acceptors (Lipinski definition) is 5. The molecule has 0 radical (unpaired) electrons. The van der Waals surface area contributed by atoms with E-state index in [9.17, 15) is 4.79 Å². The molecule has 3 aromatic rings. The van der Waals surface area contributed by atoms with E-state index >= 15 is 0 Å². The second-order valence-corrected chi connectivity index (χ2v) is 7.22. The third-order valence-electron chi connectivity index (χ3n) is 4.90. The summed E-state index contributed by atoms with van der Waals surface area (Å²) in [5, 5.41) is 0. The topological polar surface area (TPSA) is 65.3 Å². The number of fused-ring (bicyclic) bond motifs is 1. The Bertz CT molecular complexity index is 999. The Morgan fingerprint density at radius 1 is 1.28 bits per heavy atom. The molecular weight excluding hydrogens is 370 g/mol. The Hall–Kier alpha value is -2.90. The average molecular weight is 395 g/mol. The van der Waals surface area contributed by atoms with Crippen LogP contribution in [0.2, 0.25) is 0 Å². The van der Waals surface area contributed by atoms with Crippen LogP contribution in [0.25, 0.3) is 5.65 Å². The van der Waals surface area contributed by atoms with Gasteiger partial charge in [0.25, 0.3) is 5.91 Å². The van der Waals surface area contributed by atoms with Gasteiger partial charge >= 0.3 is 0 Å². The molecule has 1 aliphatic rings. The van der Waals surface area contributed by atoms with Crippen LogP contribution in [-0.4, -0.2) is 59.7 Å². The van der Waals surface area contributed by atoms with E-state index in [0.717, 1.165) is 11.3 Å². The van der Waals surface area contributed by atoms with Crippen LogP contribution in [0.3, 0.4) is 0 Å². The smallest absolute Gasteiger partial charge is 0.254 e. The summed E-state index contributed by atoms with van der Waals surface area (Å²) in [6.07, 6.45) is 3.90. The molecule has 1 saturated heterocycles. The fraction of sp³-hybridized carbons (Fsp3) is 0.364. The van der Waals surface area contributed by atoms with Crippen LogP contribution in [0.4, 0.5) is 0 Å². The van der Waals surface area contributed by atoms with E-state index in [1.165, 1.54) is 5.56 Å². The molecule has 3 heterocycles. The fourth-order valence-corrected chi connectivity index (χ4v) is 3.47. The lowest BCUT2D eigenvalue weighted by Crippen LogP contribution is -2.47. The van der Waals surface area contributed by atoms with Crippen LogP contribution < -0.4 is 4.74 Å². The minimum atomic E-state index is -0.0872. The molecule has 7 heteroatoms. The fourth-order valence-electron chi connectivity index (χ4n) is 3.47. The summed E-state index contributed by atoms with van der Waals surface area (Å²) in [4.78, 5) is 19.2. The molecule has 0 N–H and O–H groups in total. The van der Waals surface area contributed by atoms with Gasteiger partial charge in [-0.15, -0.1) is 0 Å². The van der Waals surface area contributed by atoms with Crippen molar-refractivity contribution in [2.75, 3.05) is 33.4 Å². The number of benzene rings is 1. The lowest BCUT2D eigenvalue weighted by atomic mass is 10.1. The predicted octanol–water partition coefficient (Wildman–Crippen LogP) is 2.71. The van der Waals surface area contributed by atoms with Gasteiger partial charge in [-0.3, -0.25) is 4.79 Å². The number of methoxy groups -OCH3 is 1. The van der Waals surface area contributed by atoms with Gasteiger partial charge in [0.05, 0.1) is 25.0 Å². The highest BCUT2D eigenvalue weighted by Gasteiger charge is 2.25. The van der Waals surface area contributed by atoms with Crippen LogP contribution in [0, 0.1) is 6.92 Å². The Kier molecular flexibility index (Phi) is 5.78. The Morgan fingerprint density at radius 2 is 2.17 bits per heavy atom. The van der Waals surface area contributed by atoms with Crippen molar-refractivity contribution in [3.05, 3.63) is 65.6 Å². The molecule has 152 valence electrons. The zero-order valence-corrected chi connectivity index (χ0v) is 16.7. The standard InChI is InChI=1S/C22H25N3O4/c1-16-6-7-21-23-18(12-25(21)11-16)14-29-19-5-3-4-17(10-19)22(26)24-8-9-28-20(13-24)15-27-2/h3-7,10-12,20H,8-9,13-15H2,1-2H3. The second kappa shape index (κ2) is 8.63. The highest BCUT2D eigenvalue weighted by atomic mass is 16.5. The monoisotopic (exact) mass is 395 g/mol. The molecule has 1 aliphatic heterocycles. The molecule has 1 atom stereocenters. The van der Waals surface area contributed by atoms with Crippen LogP contribution >= 0.6 is 0 Å². The normalized spacial score (nSPS) is 16.9. The maximum absolute atomic E-state index is 12.9. The van der Waals surface area contributed by atoms with Gasteiger partial charge in [0.15, 0.2) is 0 Å². The number of aromatic nitrogens is 2.